The summed E-state index contributed by atoms with van der Waals surface area (Å²) in [6.07, 6.45) is 0.0385. The third-order valence-electron chi connectivity index (χ3n) is 4.56. The van der Waals surface area contributed by atoms with Gasteiger partial charge in [0, 0.05) is 13.6 Å². The van der Waals surface area contributed by atoms with Crippen LogP contribution in [0.5, 0.6) is 0 Å². The summed E-state index contributed by atoms with van der Waals surface area (Å²) in [7, 11) is 1.66. The Bertz CT molecular complexity index is 864. The number of esters is 1. The Morgan fingerprint density at radius 3 is 2.59 bits per heavy atom. The quantitative estimate of drug-likeness (QED) is 0.763. The Hall–Kier alpha value is -3.15. The molecule has 0 bridgehead atoms. The van der Waals surface area contributed by atoms with Crippen LogP contribution in [0.3, 0.4) is 0 Å². The van der Waals surface area contributed by atoms with E-state index in [0.29, 0.717) is 11.3 Å². The first-order valence-electron chi connectivity index (χ1n) is 8.82. The summed E-state index contributed by atoms with van der Waals surface area (Å²) in [6.45, 7) is 2.18. The highest BCUT2D eigenvalue weighted by atomic mass is 16.5. The fraction of sp³-hybridized carbons (Fsp3) is 0.286. The molecule has 0 atom stereocenters. The van der Waals surface area contributed by atoms with Crippen molar-refractivity contribution in [2.24, 2.45) is 0 Å². The summed E-state index contributed by atoms with van der Waals surface area (Å²) in [4.78, 5) is 40.2. The van der Waals surface area contributed by atoms with Gasteiger partial charge in [0.25, 0.3) is 5.91 Å². The van der Waals surface area contributed by atoms with Gasteiger partial charge < -0.3 is 14.5 Å². The van der Waals surface area contributed by atoms with Crippen LogP contribution in [0.4, 0.5) is 5.69 Å². The highest BCUT2D eigenvalue weighted by molar-refractivity contribution is 6.09. The molecule has 1 aliphatic heterocycles. The van der Waals surface area contributed by atoms with E-state index >= 15 is 0 Å². The van der Waals surface area contributed by atoms with E-state index in [-0.39, 0.29) is 37.9 Å². The molecule has 0 aromatic heterocycles. The standard InChI is InChI=1S/C21H22N2O4/c1-15-8-9-17-18(12-15)22(2)19(24)13-23(21(17)26)11-10-20(25)27-14-16-6-4-3-5-7-16/h3-9,12H,10-11,13-14H2,1-2H3. The number of carbonyl (C=O) groups is 3. The maximum absolute atomic E-state index is 12.8. The number of nitrogens with zero attached hydrogens (tertiary/aromatic N) is 2. The zero-order valence-corrected chi connectivity index (χ0v) is 15.5. The zero-order valence-electron chi connectivity index (χ0n) is 15.5. The molecule has 140 valence electrons. The van der Waals surface area contributed by atoms with Crippen LogP contribution in [0.15, 0.2) is 48.5 Å². The van der Waals surface area contributed by atoms with Crippen LogP contribution in [-0.4, -0.2) is 42.8 Å². The van der Waals surface area contributed by atoms with E-state index in [1.165, 1.54) is 9.80 Å². The van der Waals surface area contributed by atoms with Crippen molar-refractivity contribution in [3.63, 3.8) is 0 Å². The molecule has 0 saturated carbocycles. The number of anilines is 1. The van der Waals surface area contributed by atoms with Crippen molar-refractivity contribution in [1.82, 2.24) is 4.90 Å². The first kappa shape index (κ1) is 18.6. The number of rotatable bonds is 5. The van der Waals surface area contributed by atoms with Gasteiger partial charge in [0.1, 0.15) is 13.2 Å². The van der Waals surface area contributed by atoms with Crippen LogP contribution < -0.4 is 4.90 Å². The molecule has 27 heavy (non-hydrogen) atoms. The zero-order chi connectivity index (χ0) is 19.4. The van der Waals surface area contributed by atoms with Gasteiger partial charge in [-0.3, -0.25) is 14.4 Å². The van der Waals surface area contributed by atoms with E-state index in [1.807, 2.05) is 49.4 Å². The molecular formula is C21H22N2O4. The predicted molar refractivity (Wildman–Crippen MR) is 101 cm³/mol. The smallest absolute Gasteiger partial charge is 0.307 e. The van der Waals surface area contributed by atoms with Gasteiger partial charge in [-0.25, -0.2) is 0 Å². The van der Waals surface area contributed by atoms with E-state index in [1.54, 1.807) is 13.1 Å². The molecule has 2 aromatic carbocycles. The molecule has 0 aliphatic carbocycles. The highest BCUT2D eigenvalue weighted by Crippen LogP contribution is 2.26. The summed E-state index contributed by atoms with van der Waals surface area (Å²) in [5, 5.41) is 0. The maximum Gasteiger partial charge on any atom is 0.307 e. The van der Waals surface area contributed by atoms with Gasteiger partial charge in [-0.2, -0.15) is 0 Å². The van der Waals surface area contributed by atoms with E-state index < -0.39 is 5.97 Å². The lowest BCUT2D eigenvalue weighted by Gasteiger charge is -2.19. The summed E-state index contributed by atoms with van der Waals surface area (Å²) >= 11 is 0. The van der Waals surface area contributed by atoms with Crippen molar-refractivity contribution in [2.45, 2.75) is 20.0 Å². The van der Waals surface area contributed by atoms with Gasteiger partial charge in [0.2, 0.25) is 5.91 Å². The lowest BCUT2D eigenvalue weighted by Crippen LogP contribution is -2.39. The molecule has 1 aliphatic rings. The Morgan fingerprint density at radius 2 is 1.85 bits per heavy atom. The SMILES string of the molecule is Cc1ccc2c(c1)N(C)C(=O)CN(CCC(=O)OCc1ccccc1)C2=O. The Kier molecular flexibility index (Phi) is 5.54. The van der Waals surface area contributed by atoms with E-state index in [2.05, 4.69) is 0 Å². The van der Waals surface area contributed by atoms with Crippen molar-refractivity contribution in [1.29, 1.82) is 0 Å². The predicted octanol–water partition coefficient (Wildman–Crippen LogP) is 2.55. The fourth-order valence-corrected chi connectivity index (χ4v) is 2.96. The molecule has 6 heteroatoms. The van der Waals surface area contributed by atoms with Crippen LogP contribution in [0, 0.1) is 6.92 Å². The number of ether oxygens (including phenoxy) is 1. The third kappa shape index (κ3) is 4.34. The largest absolute Gasteiger partial charge is 0.461 e. The number of benzene rings is 2. The van der Waals surface area contributed by atoms with Crippen molar-refractivity contribution in [2.75, 3.05) is 25.0 Å². The topological polar surface area (TPSA) is 66.9 Å². The second-order valence-electron chi connectivity index (χ2n) is 6.60. The number of amides is 2. The molecule has 1 heterocycles. The highest BCUT2D eigenvalue weighted by Gasteiger charge is 2.29. The number of aryl methyl sites for hydroxylation is 1. The molecule has 0 radical (unpaired) electrons. The van der Waals surface area contributed by atoms with Crippen LogP contribution in [0.25, 0.3) is 0 Å². The van der Waals surface area contributed by atoms with Crippen molar-refractivity contribution < 1.29 is 19.1 Å². The maximum atomic E-state index is 12.8. The molecule has 2 amide bonds. The lowest BCUT2D eigenvalue weighted by atomic mass is 10.1. The number of carbonyl (C=O) groups excluding carboxylic acids is 3. The minimum absolute atomic E-state index is 0.0385. The van der Waals surface area contributed by atoms with Crippen molar-refractivity contribution in [3.8, 4) is 0 Å². The van der Waals surface area contributed by atoms with Crippen LogP contribution in [0.2, 0.25) is 0 Å². The average Bonchev–Trinajstić information content (AvgIpc) is 2.76. The van der Waals surface area contributed by atoms with Crippen molar-refractivity contribution in [3.05, 3.63) is 65.2 Å². The number of fused-ring (bicyclic) bond motifs is 1. The van der Waals surface area contributed by atoms with Gasteiger partial charge in [-0.05, 0) is 30.2 Å². The number of hydrogen-bond acceptors (Lipinski definition) is 4. The monoisotopic (exact) mass is 366 g/mol. The number of hydrogen-bond donors (Lipinski definition) is 0. The van der Waals surface area contributed by atoms with Gasteiger partial charge >= 0.3 is 5.97 Å². The van der Waals surface area contributed by atoms with Crippen LogP contribution in [-0.2, 0) is 20.9 Å². The summed E-state index contributed by atoms with van der Waals surface area (Å²) in [5.74, 6) is -0.843. The molecular weight excluding hydrogens is 344 g/mol. The number of likely N-dealkylation sites (N-methyl/N-ethyl adjacent to an activating group) is 1. The molecule has 6 nitrogen and oxygen atoms in total. The molecule has 0 saturated heterocycles. The van der Waals surface area contributed by atoms with Gasteiger partial charge in [-0.1, -0.05) is 36.4 Å². The molecule has 0 unspecified atom stereocenters. The minimum atomic E-state index is -0.402. The second kappa shape index (κ2) is 8.03. The first-order valence-corrected chi connectivity index (χ1v) is 8.82. The minimum Gasteiger partial charge on any atom is -0.461 e. The molecule has 0 N–H and O–H groups in total. The fourth-order valence-electron chi connectivity index (χ4n) is 2.96. The average molecular weight is 366 g/mol. The van der Waals surface area contributed by atoms with Crippen molar-refractivity contribution >= 4 is 23.5 Å². The summed E-state index contributed by atoms with van der Waals surface area (Å²) < 4.78 is 5.25. The van der Waals surface area contributed by atoms with Gasteiger partial charge in [0.15, 0.2) is 0 Å². The van der Waals surface area contributed by atoms with Crippen LogP contribution >= 0.6 is 0 Å². The summed E-state index contributed by atoms with van der Waals surface area (Å²) in [5.41, 5.74) is 2.93. The normalized spacial score (nSPS) is 14.0. The van der Waals surface area contributed by atoms with Gasteiger partial charge in [-0.15, -0.1) is 0 Å². The van der Waals surface area contributed by atoms with Gasteiger partial charge in [0.05, 0.1) is 17.7 Å². The second-order valence-corrected chi connectivity index (χ2v) is 6.60. The Balaban J connectivity index is 1.64. The Morgan fingerprint density at radius 1 is 1.11 bits per heavy atom. The molecule has 3 rings (SSSR count). The lowest BCUT2D eigenvalue weighted by molar-refractivity contribution is -0.145. The van der Waals surface area contributed by atoms with E-state index in [4.69, 9.17) is 4.74 Å². The molecule has 2 aromatic rings. The third-order valence-corrected chi connectivity index (χ3v) is 4.56. The van der Waals surface area contributed by atoms with Crippen LogP contribution in [0.1, 0.15) is 27.9 Å². The molecule has 0 spiro atoms. The first-order chi connectivity index (χ1) is 13.0. The van der Waals surface area contributed by atoms with E-state index in [9.17, 15) is 14.4 Å². The summed E-state index contributed by atoms with van der Waals surface area (Å²) in [6, 6.07) is 14.8. The molecule has 0 fully saturated rings. The Labute approximate surface area is 158 Å². The van der Waals surface area contributed by atoms with E-state index in [0.717, 1.165) is 11.1 Å².